The van der Waals surface area contributed by atoms with Crippen LogP contribution in [0.5, 0.6) is 5.75 Å². The van der Waals surface area contributed by atoms with E-state index in [0.717, 1.165) is 64.4 Å². The van der Waals surface area contributed by atoms with E-state index in [-0.39, 0.29) is 12.4 Å². The zero-order valence-electron chi connectivity index (χ0n) is 24.4. The van der Waals surface area contributed by atoms with Crippen LogP contribution in [0, 0.1) is 0 Å². The molecule has 9 heteroatoms. The molecule has 0 aliphatic carbocycles. The van der Waals surface area contributed by atoms with Crippen molar-refractivity contribution in [3.63, 3.8) is 0 Å². The van der Waals surface area contributed by atoms with Crippen LogP contribution in [-0.4, -0.2) is 52.7 Å². The molecule has 0 aromatic heterocycles. The molecule has 3 aromatic carbocycles. The van der Waals surface area contributed by atoms with Gasteiger partial charge in [0.15, 0.2) is 0 Å². The van der Waals surface area contributed by atoms with Crippen LogP contribution in [0.25, 0.3) is 6.08 Å². The van der Waals surface area contributed by atoms with E-state index in [1.165, 1.54) is 24.1 Å². The second-order valence-corrected chi connectivity index (χ2v) is 10.9. The highest BCUT2D eigenvalue weighted by molar-refractivity contribution is 6.42. The number of aliphatic hydroxyl groups excluding tert-OH is 2. The molecular weight excluding hydrogens is 589 g/mol. The number of hydrogen-bond donors (Lipinski definition) is 5. The first kappa shape index (κ1) is 36.3. The molecule has 3 aromatic rings. The van der Waals surface area contributed by atoms with Gasteiger partial charge in [-0.15, -0.1) is 0 Å². The summed E-state index contributed by atoms with van der Waals surface area (Å²) in [6.45, 7) is 2.77. The van der Waals surface area contributed by atoms with Gasteiger partial charge in [-0.1, -0.05) is 78.5 Å². The molecular formula is C34H43Cl2NO6. The lowest BCUT2D eigenvalue weighted by Gasteiger charge is -2.14. The van der Waals surface area contributed by atoms with E-state index < -0.39 is 12.1 Å². The summed E-state index contributed by atoms with van der Waals surface area (Å²) in [7, 11) is 0. The standard InChI is InChI=1S/C25H37NO4.C9H6Cl2O2/c27-20-23-18-22(13-14-24(23)28)25(29)19-26-15-7-1-2-8-16-30-17-9-6-12-21-10-4-3-5-11-21;10-7-3-1-6(5-8(7)11)2-4-9(12)13/h3-5,10-11,13-14,18,25-29H,1-2,6-9,12,15-17,19-20H2;1-5H,(H,12,13)/b;4-2+. The van der Waals surface area contributed by atoms with Crippen molar-refractivity contribution < 1.29 is 30.0 Å². The quantitative estimate of drug-likeness (QED) is 0.0744. The van der Waals surface area contributed by atoms with Gasteiger partial charge in [0.05, 0.1) is 22.8 Å². The third-order valence-corrected chi connectivity index (χ3v) is 7.34. The number of benzene rings is 3. The summed E-state index contributed by atoms with van der Waals surface area (Å²) in [5.41, 5.74) is 3.24. The summed E-state index contributed by atoms with van der Waals surface area (Å²) >= 11 is 11.4. The molecule has 0 aliphatic rings. The van der Waals surface area contributed by atoms with Crippen LogP contribution < -0.4 is 5.32 Å². The Morgan fingerprint density at radius 1 is 0.884 bits per heavy atom. The third-order valence-electron chi connectivity index (χ3n) is 6.60. The molecule has 0 fully saturated rings. The number of unbranched alkanes of at least 4 members (excludes halogenated alkanes) is 4. The summed E-state index contributed by atoms with van der Waals surface area (Å²) in [5, 5.41) is 41.5. The highest BCUT2D eigenvalue weighted by Crippen LogP contribution is 2.23. The molecule has 1 atom stereocenters. The number of carbonyl (C=O) groups is 1. The predicted molar refractivity (Wildman–Crippen MR) is 174 cm³/mol. The largest absolute Gasteiger partial charge is 0.508 e. The number of aryl methyl sites for hydroxylation is 1. The lowest BCUT2D eigenvalue weighted by atomic mass is 10.1. The Morgan fingerprint density at radius 2 is 1.60 bits per heavy atom. The van der Waals surface area contributed by atoms with Gasteiger partial charge in [0.1, 0.15) is 5.75 Å². The minimum absolute atomic E-state index is 0.0533. The molecule has 0 amide bonds. The Bertz CT molecular complexity index is 1240. The summed E-state index contributed by atoms with van der Waals surface area (Å²) < 4.78 is 5.72. The molecule has 7 nitrogen and oxygen atoms in total. The van der Waals surface area contributed by atoms with Crippen molar-refractivity contribution in [1.82, 2.24) is 5.32 Å². The first-order chi connectivity index (χ1) is 20.8. The second kappa shape index (κ2) is 21.7. The van der Waals surface area contributed by atoms with Crippen LogP contribution in [0.15, 0.2) is 72.8 Å². The number of rotatable bonds is 18. The van der Waals surface area contributed by atoms with Gasteiger partial charge in [0.2, 0.25) is 0 Å². The first-order valence-corrected chi connectivity index (χ1v) is 15.3. The number of carboxylic acids is 1. The van der Waals surface area contributed by atoms with Gasteiger partial charge in [0.25, 0.3) is 0 Å². The predicted octanol–water partition coefficient (Wildman–Crippen LogP) is 7.20. The van der Waals surface area contributed by atoms with Crippen molar-refractivity contribution >= 4 is 35.2 Å². The molecule has 1 unspecified atom stereocenters. The molecule has 0 bridgehead atoms. The number of halogens is 2. The zero-order valence-corrected chi connectivity index (χ0v) is 25.9. The van der Waals surface area contributed by atoms with Gasteiger partial charge in [-0.25, -0.2) is 4.79 Å². The second-order valence-electron chi connectivity index (χ2n) is 10.1. The summed E-state index contributed by atoms with van der Waals surface area (Å²) in [6, 6.07) is 20.3. The Kier molecular flexibility index (Phi) is 18.3. The highest BCUT2D eigenvalue weighted by Gasteiger charge is 2.10. The van der Waals surface area contributed by atoms with Crippen molar-refractivity contribution in [2.24, 2.45) is 0 Å². The molecule has 5 N–H and O–H groups in total. The molecule has 0 saturated carbocycles. The average Bonchev–Trinajstić information content (AvgIpc) is 3.01. The number of ether oxygens (including phenoxy) is 1. The number of phenols is 1. The number of aliphatic carboxylic acids is 1. The Hall–Kier alpha value is -2.91. The van der Waals surface area contributed by atoms with E-state index in [9.17, 15) is 20.1 Å². The van der Waals surface area contributed by atoms with E-state index in [1.54, 1.807) is 30.3 Å². The van der Waals surface area contributed by atoms with Crippen molar-refractivity contribution in [2.75, 3.05) is 26.3 Å². The van der Waals surface area contributed by atoms with Crippen molar-refractivity contribution in [3.8, 4) is 5.75 Å². The normalized spacial score (nSPS) is 11.7. The van der Waals surface area contributed by atoms with Gasteiger partial charge >= 0.3 is 5.97 Å². The fourth-order valence-corrected chi connectivity index (χ4v) is 4.47. The fourth-order valence-electron chi connectivity index (χ4n) is 4.17. The third kappa shape index (κ3) is 15.9. The van der Waals surface area contributed by atoms with Crippen LogP contribution in [-0.2, 0) is 22.6 Å². The van der Waals surface area contributed by atoms with Crippen molar-refractivity contribution in [3.05, 3.63) is 105 Å². The van der Waals surface area contributed by atoms with Crippen LogP contribution in [0.1, 0.15) is 66.9 Å². The minimum atomic E-state index is -0.994. The Labute approximate surface area is 264 Å². The van der Waals surface area contributed by atoms with E-state index in [2.05, 4.69) is 35.6 Å². The fraction of sp³-hybridized carbons (Fsp3) is 0.382. The lowest BCUT2D eigenvalue weighted by Crippen LogP contribution is -2.22. The minimum Gasteiger partial charge on any atom is -0.508 e. The Balaban J connectivity index is 0.000000413. The Morgan fingerprint density at radius 3 is 2.30 bits per heavy atom. The van der Waals surface area contributed by atoms with E-state index in [1.807, 2.05) is 0 Å². The maximum atomic E-state index is 10.2. The van der Waals surface area contributed by atoms with Gasteiger partial charge < -0.3 is 30.5 Å². The van der Waals surface area contributed by atoms with E-state index >= 15 is 0 Å². The molecule has 234 valence electrons. The summed E-state index contributed by atoms with van der Waals surface area (Å²) in [5.74, 6) is -0.941. The topological polar surface area (TPSA) is 119 Å². The molecule has 3 rings (SSSR count). The van der Waals surface area contributed by atoms with E-state index in [4.69, 9.17) is 33.0 Å². The number of nitrogens with one attached hydrogen (secondary N) is 1. The number of carboxylic acid groups (broad SMARTS) is 1. The maximum Gasteiger partial charge on any atom is 0.328 e. The summed E-state index contributed by atoms with van der Waals surface area (Å²) in [4.78, 5) is 10.2. The van der Waals surface area contributed by atoms with Gasteiger partial charge in [-0.3, -0.25) is 0 Å². The molecule has 0 saturated heterocycles. The lowest BCUT2D eigenvalue weighted by molar-refractivity contribution is -0.131. The first-order valence-electron chi connectivity index (χ1n) is 14.6. The van der Waals surface area contributed by atoms with Crippen LogP contribution in [0.3, 0.4) is 0 Å². The number of aliphatic hydroxyl groups is 2. The van der Waals surface area contributed by atoms with Crippen LogP contribution >= 0.6 is 23.2 Å². The van der Waals surface area contributed by atoms with Gasteiger partial charge in [0, 0.05) is 31.4 Å². The molecule has 0 spiro atoms. The monoisotopic (exact) mass is 631 g/mol. The molecule has 0 aliphatic heterocycles. The SMILES string of the molecule is O=C(O)/C=C/c1ccc(Cl)c(Cl)c1.OCc1cc(C(O)CNCCCCCCOCCCCc2ccccc2)ccc1O. The van der Waals surface area contributed by atoms with Crippen molar-refractivity contribution in [2.45, 2.75) is 57.7 Å². The van der Waals surface area contributed by atoms with Crippen LogP contribution in [0.4, 0.5) is 0 Å². The summed E-state index contributed by atoms with van der Waals surface area (Å²) in [6.07, 6.45) is 9.73. The highest BCUT2D eigenvalue weighted by atomic mass is 35.5. The van der Waals surface area contributed by atoms with E-state index in [0.29, 0.717) is 33.3 Å². The molecule has 0 radical (unpaired) electrons. The zero-order chi connectivity index (χ0) is 31.3. The van der Waals surface area contributed by atoms with Gasteiger partial charge in [-0.2, -0.15) is 0 Å². The van der Waals surface area contributed by atoms with Crippen LogP contribution in [0.2, 0.25) is 10.0 Å². The smallest absolute Gasteiger partial charge is 0.328 e. The maximum absolute atomic E-state index is 10.2. The number of aromatic hydroxyl groups is 1. The average molecular weight is 633 g/mol. The molecule has 43 heavy (non-hydrogen) atoms. The molecule has 0 heterocycles. The van der Waals surface area contributed by atoms with Gasteiger partial charge in [-0.05, 0) is 85.7 Å². The number of hydrogen-bond acceptors (Lipinski definition) is 6. The van der Waals surface area contributed by atoms with Crippen molar-refractivity contribution in [1.29, 1.82) is 0 Å².